The van der Waals surface area contributed by atoms with Gasteiger partial charge in [0.05, 0.1) is 12.6 Å². The lowest BCUT2D eigenvalue weighted by molar-refractivity contribution is -0.130. The minimum Gasteiger partial charge on any atom is -0.339 e. The molecule has 1 aliphatic carbocycles. The van der Waals surface area contributed by atoms with E-state index in [4.69, 9.17) is 0 Å². The molecule has 0 aromatic carbocycles. The van der Waals surface area contributed by atoms with Crippen molar-refractivity contribution in [1.82, 2.24) is 20.0 Å². The van der Waals surface area contributed by atoms with Gasteiger partial charge in [0.1, 0.15) is 0 Å². The van der Waals surface area contributed by atoms with Crippen molar-refractivity contribution >= 4 is 5.91 Å². The van der Waals surface area contributed by atoms with Crippen LogP contribution < -0.4 is 5.32 Å². The lowest BCUT2D eigenvalue weighted by Crippen LogP contribution is -2.44. The Bertz CT molecular complexity index is 400. The Kier molecular flexibility index (Phi) is 4.58. The summed E-state index contributed by atoms with van der Waals surface area (Å²) in [7, 11) is 0. The third-order valence-electron chi connectivity index (χ3n) is 3.89. The van der Waals surface area contributed by atoms with Gasteiger partial charge in [0.25, 0.3) is 0 Å². The van der Waals surface area contributed by atoms with Crippen LogP contribution in [0, 0.1) is 0 Å². The van der Waals surface area contributed by atoms with Crippen molar-refractivity contribution in [2.45, 2.75) is 51.7 Å². The van der Waals surface area contributed by atoms with Gasteiger partial charge < -0.3 is 10.2 Å². The molecule has 2 rings (SSSR count). The Hall–Kier alpha value is -1.36. The molecule has 1 N–H and O–H groups in total. The van der Waals surface area contributed by atoms with Gasteiger partial charge in [0.15, 0.2) is 0 Å². The highest BCUT2D eigenvalue weighted by Crippen LogP contribution is 2.26. The topological polar surface area (TPSA) is 50.2 Å². The van der Waals surface area contributed by atoms with E-state index >= 15 is 0 Å². The monoisotopic (exact) mass is 264 g/mol. The molecule has 1 aromatic heterocycles. The van der Waals surface area contributed by atoms with Crippen molar-refractivity contribution in [2.24, 2.45) is 0 Å². The fraction of sp³-hybridized carbons (Fsp3) is 0.714. The summed E-state index contributed by atoms with van der Waals surface area (Å²) in [5, 5.41) is 7.55. The van der Waals surface area contributed by atoms with Crippen molar-refractivity contribution < 1.29 is 4.79 Å². The smallest absolute Gasteiger partial charge is 0.236 e. The molecule has 1 aliphatic rings. The molecular weight excluding hydrogens is 240 g/mol. The van der Waals surface area contributed by atoms with Gasteiger partial charge >= 0.3 is 0 Å². The molecule has 5 heteroatoms. The van der Waals surface area contributed by atoms with Crippen molar-refractivity contribution in [3.63, 3.8) is 0 Å². The lowest BCUT2D eigenvalue weighted by atomic mass is 10.2. The minimum absolute atomic E-state index is 0.210. The van der Waals surface area contributed by atoms with Crippen molar-refractivity contribution in [3.05, 3.63) is 18.5 Å². The SMILES string of the molecule is CCN(C(=O)CN[C@H](C)[C@@H](C)n1cccn1)C1CC1. The number of rotatable bonds is 7. The Morgan fingerprint density at radius 1 is 1.53 bits per heavy atom. The largest absolute Gasteiger partial charge is 0.339 e. The minimum atomic E-state index is 0.210. The van der Waals surface area contributed by atoms with Gasteiger partial charge in [-0.25, -0.2) is 0 Å². The fourth-order valence-corrected chi connectivity index (χ4v) is 2.30. The summed E-state index contributed by atoms with van der Waals surface area (Å²) in [6.45, 7) is 7.47. The maximum atomic E-state index is 12.1. The Labute approximate surface area is 115 Å². The highest BCUT2D eigenvalue weighted by atomic mass is 16.2. The van der Waals surface area contributed by atoms with Crippen molar-refractivity contribution in [3.8, 4) is 0 Å². The van der Waals surface area contributed by atoms with Gasteiger partial charge in [-0.3, -0.25) is 9.48 Å². The Morgan fingerprint density at radius 2 is 2.26 bits per heavy atom. The van der Waals surface area contributed by atoms with E-state index in [0.29, 0.717) is 12.6 Å². The van der Waals surface area contributed by atoms with E-state index < -0.39 is 0 Å². The number of hydrogen-bond acceptors (Lipinski definition) is 3. The molecule has 106 valence electrons. The predicted molar refractivity (Wildman–Crippen MR) is 74.8 cm³/mol. The van der Waals surface area contributed by atoms with Gasteiger partial charge in [-0.2, -0.15) is 5.10 Å². The summed E-state index contributed by atoms with van der Waals surface area (Å²) in [6.07, 6.45) is 6.06. The number of likely N-dealkylation sites (N-methyl/N-ethyl adjacent to an activating group) is 1. The Morgan fingerprint density at radius 3 is 2.79 bits per heavy atom. The van der Waals surface area contributed by atoms with Crippen LogP contribution in [0.4, 0.5) is 0 Å². The number of amides is 1. The van der Waals surface area contributed by atoms with E-state index in [1.54, 1.807) is 6.20 Å². The zero-order valence-corrected chi connectivity index (χ0v) is 12.0. The molecule has 1 heterocycles. The molecular formula is C14H24N4O. The first-order valence-corrected chi connectivity index (χ1v) is 7.15. The molecule has 0 saturated heterocycles. The molecule has 1 aromatic rings. The summed E-state index contributed by atoms with van der Waals surface area (Å²) in [6, 6.07) is 2.86. The number of nitrogens with zero attached hydrogens (tertiary/aromatic N) is 3. The van der Waals surface area contributed by atoms with E-state index in [1.807, 2.05) is 28.8 Å². The molecule has 1 amide bonds. The molecule has 1 saturated carbocycles. The second-order valence-electron chi connectivity index (χ2n) is 5.31. The first-order valence-electron chi connectivity index (χ1n) is 7.15. The zero-order valence-electron chi connectivity index (χ0n) is 12.0. The van der Waals surface area contributed by atoms with Crippen molar-refractivity contribution in [2.75, 3.05) is 13.1 Å². The third-order valence-corrected chi connectivity index (χ3v) is 3.89. The first-order chi connectivity index (χ1) is 9.13. The van der Waals surface area contributed by atoms with Crippen LogP contribution in [0.5, 0.6) is 0 Å². The maximum Gasteiger partial charge on any atom is 0.236 e. The van der Waals surface area contributed by atoms with E-state index in [2.05, 4.69) is 24.3 Å². The maximum absolute atomic E-state index is 12.1. The molecule has 2 atom stereocenters. The van der Waals surface area contributed by atoms with E-state index in [0.717, 1.165) is 6.54 Å². The van der Waals surface area contributed by atoms with Crippen molar-refractivity contribution in [1.29, 1.82) is 0 Å². The second-order valence-corrected chi connectivity index (χ2v) is 5.31. The van der Waals surface area contributed by atoms with Crippen LogP contribution in [0.25, 0.3) is 0 Å². The number of carbonyl (C=O) groups excluding carboxylic acids is 1. The number of hydrogen-bond donors (Lipinski definition) is 1. The van der Waals surface area contributed by atoms with E-state index in [9.17, 15) is 4.79 Å². The summed E-state index contributed by atoms with van der Waals surface area (Å²) in [4.78, 5) is 14.1. The van der Waals surface area contributed by atoms with Crippen LogP contribution >= 0.6 is 0 Å². The zero-order chi connectivity index (χ0) is 13.8. The van der Waals surface area contributed by atoms with Crippen LogP contribution in [-0.4, -0.2) is 45.8 Å². The molecule has 5 nitrogen and oxygen atoms in total. The van der Waals surface area contributed by atoms with Gasteiger partial charge in [0.2, 0.25) is 5.91 Å². The molecule has 0 bridgehead atoms. The van der Waals surface area contributed by atoms with Gasteiger partial charge in [-0.15, -0.1) is 0 Å². The molecule has 0 aliphatic heterocycles. The Balaban J connectivity index is 1.79. The number of nitrogens with one attached hydrogen (secondary N) is 1. The second kappa shape index (κ2) is 6.19. The summed E-state index contributed by atoms with van der Waals surface area (Å²) < 4.78 is 1.92. The lowest BCUT2D eigenvalue weighted by Gasteiger charge is -2.25. The normalized spacial score (nSPS) is 18.1. The van der Waals surface area contributed by atoms with Gasteiger partial charge in [-0.1, -0.05) is 0 Å². The quantitative estimate of drug-likeness (QED) is 0.810. The predicted octanol–water partition coefficient (Wildman–Crippen LogP) is 1.43. The summed E-state index contributed by atoms with van der Waals surface area (Å²) >= 11 is 0. The van der Waals surface area contributed by atoms with Crippen LogP contribution in [0.1, 0.15) is 39.7 Å². The highest BCUT2D eigenvalue weighted by Gasteiger charge is 2.31. The van der Waals surface area contributed by atoms with E-state index in [1.165, 1.54) is 12.8 Å². The molecule has 0 unspecified atom stereocenters. The summed E-state index contributed by atoms with van der Waals surface area (Å²) in [5.74, 6) is 0.213. The van der Waals surface area contributed by atoms with Crippen LogP contribution in [0.15, 0.2) is 18.5 Å². The fourth-order valence-electron chi connectivity index (χ4n) is 2.30. The number of aromatic nitrogens is 2. The standard InChI is InChI=1S/C14H24N4O/c1-4-17(13-6-7-13)14(19)10-15-11(2)12(3)18-9-5-8-16-18/h5,8-9,11-13,15H,4,6-7,10H2,1-3H3/t11-,12-/m1/s1. The first kappa shape index (κ1) is 14.1. The molecule has 19 heavy (non-hydrogen) atoms. The molecule has 1 fully saturated rings. The third kappa shape index (κ3) is 3.56. The average molecular weight is 264 g/mol. The van der Waals surface area contributed by atoms with Crippen LogP contribution in [0.3, 0.4) is 0 Å². The van der Waals surface area contributed by atoms with Gasteiger partial charge in [0, 0.05) is 31.0 Å². The van der Waals surface area contributed by atoms with Crippen LogP contribution in [-0.2, 0) is 4.79 Å². The average Bonchev–Trinajstić information content (AvgIpc) is 3.09. The van der Waals surface area contributed by atoms with E-state index in [-0.39, 0.29) is 18.0 Å². The highest BCUT2D eigenvalue weighted by molar-refractivity contribution is 5.78. The summed E-state index contributed by atoms with van der Waals surface area (Å²) in [5.41, 5.74) is 0. The van der Waals surface area contributed by atoms with Crippen LogP contribution in [0.2, 0.25) is 0 Å². The molecule has 0 radical (unpaired) electrons. The van der Waals surface area contributed by atoms with Gasteiger partial charge in [-0.05, 0) is 39.7 Å². The molecule has 0 spiro atoms. The number of carbonyl (C=O) groups is 1.